The van der Waals surface area contributed by atoms with Crippen molar-refractivity contribution in [2.24, 2.45) is 16.8 Å². The van der Waals surface area contributed by atoms with Gasteiger partial charge in [-0.25, -0.2) is 0 Å². The summed E-state index contributed by atoms with van der Waals surface area (Å²) in [7, 11) is 0. The molecule has 1 aromatic carbocycles. The molecule has 2 N–H and O–H groups in total. The number of nitrogens with zero attached hydrogens (tertiary/aromatic N) is 1. The summed E-state index contributed by atoms with van der Waals surface area (Å²) in [6.07, 6.45) is 3.07. The van der Waals surface area contributed by atoms with E-state index in [9.17, 15) is 0 Å². The lowest BCUT2D eigenvalue weighted by atomic mass is 9.86. The van der Waals surface area contributed by atoms with Gasteiger partial charge in [0.05, 0.1) is 6.42 Å². The van der Waals surface area contributed by atoms with Crippen LogP contribution in [-0.4, -0.2) is 5.84 Å². The molecule has 1 aliphatic carbocycles. The molecule has 4 heteroatoms. The molecule has 0 saturated heterocycles. The fraction of sp³-hybridized carbons (Fsp3) is 0.417. The SMILES string of the molecule is NC1=NOC(c2ccc(Cl)cc2)(C2CC2)C1. The maximum absolute atomic E-state index is 5.89. The van der Waals surface area contributed by atoms with Gasteiger partial charge in [0, 0.05) is 10.9 Å². The summed E-state index contributed by atoms with van der Waals surface area (Å²) in [5.74, 6) is 1.13. The molecule has 0 radical (unpaired) electrons. The number of oxime groups is 1. The highest BCUT2D eigenvalue weighted by Gasteiger charge is 2.52. The highest BCUT2D eigenvalue weighted by molar-refractivity contribution is 6.30. The zero-order chi connectivity index (χ0) is 11.2. The fourth-order valence-electron chi connectivity index (χ4n) is 2.36. The van der Waals surface area contributed by atoms with Crippen molar-refractivity contribution in [2.45, 2.75) is 24.9 Å². The Balaban J connectivity index is 1.98. The van der Waals surface area contributed by atoms with Crippen molar-refractivity contribution in [2.75, 3.05) is 0 Å². The van der Waals surface area contributed by atoms with Crippen LogP contribution >= 0.6 is 11.6 Å². The largest absolute Gasteiger partial charge is 0.384 e. The number of nitrogens with two attached hydrogens (primary N) is 1. The Morgan fingerprint density at radius 1 is 1.31 bits per heavy atom. The number of rotatable bonds is 2. The minimum Gasteiger partial charge on any atom is -0.384 e. The molecule has 1 heterocycles. The molecule has 0 bridgehead atoms. The van der Waals surface area contributed by atoms with Crippen molar-refractivity contribution in [1.82, 2.24) is 0 Å². The third-order valence-corrected chi connectivity index (χ3v) is 3.59. The van der Waals surface area contributed by atoms with Crippen molar-refractivity contribution in [3.05, 3.63) is 34.9 Å². The number of benzene rings is 1. The van der Waals surface area contributed by atoms with E-state index in [1.54, 1.807) is 0 Å². The molecule has 84 valence electrons. The molecule has 0 spiro atoms. The molecular weight excluding hydrogens is 224 g/mol. The van der Waals surface area contributed by atoms with Gasteiger partial charge in [0.2, 0.25) is 0 Å². The molecule has 1 saturated carbocycles. The topological polar surface area (TPSA) is 47.6 Å². The van der Waals surface area contributed by atoms with Gasteiger partial charge in [-0.2, -0.15) is 0 Å². The molecule has 3 rings (SSSR count). The molecule has 1 aliphatic heterocycles. The standard InChI is InChI=1S/C12H13ClN2O/c13-10-5-3-9(4-6-10)12(8-1-2-8)7-11(14)15-16-12/h3-6,8H,1-2,7H2,(H2,14,15). The predicted octanol–water partition coefficient (Wildman–Crippen LogP) is 2.64. The Hall–Kier alpha value is -1.22. The van der Waals surface area contributed by atoms with Crippen LogP contribution in [0.2, 0.25) is 5.02 Å². The van der Waals surface area contributed by atoms with Crippen molar-refractivity contribution in [3.63, 3.8) is 0 Å². The highest BCUT2D eigenvalue weighted by Crippen LogP contribution is 2.52. The van der Waals surface area contributed by atoms with Crippen LogP contribution in [0.4, 0.5) is 0 Å². The summed E-state index contributed by atoms with van der Waals surface area (Å²) in [4.78, 5) is 5.62. The van der Waals surface area contributed by atoms with Gasteiger partial charge in [0.25, 0.3) is 0 Å². The van der Waals surface area contributed by atoms with Crippen LogP contribution in [0, 0.1) is 5.92 Å². The molecule has 0 amide bonds. The Morgan fingerprint density at radius 2 is 2.00 bits per heavy atom. The van der Waals surface area contributed by atoms with Gasteiger partial charge < -0.3 is 10.6 Å². The van der Waals surface area contributed by atoms with Crippen molar-refractivity contribution in [3.8, 4) is 0 Å². The Kier molecular flexibility index (Phi) is 2.11. The van der Waals surface area contributed by atoms with Crippen molar-refractivity contribution < 1.29 is 4.84 Å². The lowest BCUT2D eigenvalue weighted by Gasteiger charge is -2.26. The van der Waals surface area contributed by atoms with Gasteiger partial charge in [-0.1, -0.05) is 28.9 Å². The smallest absolute Gasteiger partial charge is 0.172 e. The van der Waals surface area contributed by atoms with E-state index in [4.69, 9.17) is 22.2 Å². The first-order chi connectivity index (χ1) is 7.71. The Morgan fingerprint density at radius 3 is 2.50 bits per heavy atom. The molecule has 0 aromatic heterocycles. The average molecular weight is 237 g/mol. The highest BCUT2D eigenvalue weighted by atomic mass is 35.5. The van der Waals surface area contributed by atoms with Crippen molar-refractivity contribution >= 4 is 17.4 Å². The minimum atomic E-state index is -0.325. The fourth-order valence-corrected chi connectivity index (χ4v) is 2.49. The number of amidine groups is 1. The third-order valence-electron chi connectivity index (χ3n) is 3.34. The summed E-state index contributed by atoms with van der Waals surface area (Å²) in [6.45, 7) is 0. The first kappa shape index (κ1) is 9.97. The van der Waals surface area contributed by atoms with Crippen LogP contribution in [0.5, 0.6) is 0 Å². The molecule has 1 aromatic rings. The van der Waals surface area contributed by atoms with Gasteiger partial charge in [-0.05, 0) is 30.5 Å². The summed E-state index contributed by atoms with van der Waals surface area (Å²) in [5, 5.41) is 4.65. The summed E-state index contributed by atoms with van der Waals surface area (Å²) < 4.78 is 0. The molecule has 16 heavy (non-hydrogen) atoms. The van der Waals surface area contributed by atoms with E-state index < -0.39 is 0 Å². The van der Waals surface area contributed by atoms with Crippen LogP contribution < -0.4 is 5.73 Å². The summed E-state index contributed by atoms with van der Waals surface area (Å²) in [5.41, 5.74) is 6.55. The molecule has 2 aliphatic rings. The van der Waals surface area contributed by atoms with E-state index >= 15 is 0 Å². The Labute approximate surface area is 99.2 Å². The second kappa shape index (κ2) is 3.39. The van der Waals surface area contributed by atoms with Crippen LogP contribution in [-0.2, 0) is 10.4 Å². The summed E-state index contributed by atoms with van der Waals surface area (Å²) in [6, 6.07) is 7.79. The van der Waals surface area contributed by atoms with Crippen LogP contribution in [0.25, 0.3) is 0 Å². The van der Waals surface area contributed by atoms with E-state index in [-0.39, 0.29) is 5.60 Å². The molecule has 1 fully saturated rings. The van der Waals surface area contributed by atoms with Crippen LogP contribution in [0.15, 0.2) is 29.4 Å². The number of halogens is 1. The van der Waals surface area contributed by atoms with Gasteiger partial charge in [0.1, 0.15) is 5.84 Å². The quantitative estimate of drug-likeness (QED) is 0.858. The van der Waals surface area contributed by atoms with Crippen LogP contribution in [0.3, 0.4) is 0 Å². The normalized spacial score (nSPS) is 28.7. The minimum absolute atomic E-state index is 0.325. The average Bonchev–Trinajstić information content (AvgIpc) is 3.05. The van der Waals surface area contributed by atoms with Crippen LogP contribution in [0.1, 0.15) is 24.8 Å². The zero-order valence-corrected chi connectivity index (χ0v) is 9.57. The molecular formula is C12H13ClN2O. The van der Waals surface area contributed by atoms with Crippen molar-refractivity contribution in [1.29, 1.82) is 0 Å². The van der Waals surface area contributed by atoms with E-state index in [1.165, 1.54) is 12.8 Å². The zero-order valence-electron chi connectivity index (χ0n) is 8.82. The maximum atomic E-state index is 5.89. The lowest BCUT2D eigenvalue weighted by Crippen LogP contribution is -2.30. The van der Waals surface area contributed by atoms with E-state index in [1.807, 2.05) is 24.3 Å². The molecule has 3 nitrogen and oxygen atoms in total. The Bertz CT molecular complexity index is 439. The number of hydrogen-bond donors (Lipinski definition) is 1. The monoisotopic (exact) mass is 236 g/mol. The van der Waals surface area contributed by atoms with Gasteiger partial charge >= 0.3 is 0 Å². The second-order valence-electron chi connectivity index (χ2n) is 4.52. The molecule has 1 atom stereocenters. The maximum Gasteiger partial charge on any atom is 0.172 e. The second-order valence-corrected chi connectivity index (χ2v) is 4.96. The first-order valence-corrected chi connectivity index (χ1v) is 5.85. The lowest BCUT2D eigenvalue weighted by molar-refractivity contribution is -0.0417. The van der Waals surface area contributed by atoms with E-state index in [0.717, 1.165) is 10.6 Å². The van der Waals surface area contributed by atoms with E-state index in [0.29, 0.717) is 18.2 Å². The van der Waals surface area contributed by atoms with Gasteiger partial charge in [-0.3, -0.25) is 0 Å². The van der Waals surface area contributed by atoms with Gasteiger partial charge in [-0.15, -0.1) is 0 Å². The van der Waals surface area contributed by atoms with Gasteiger partial charge in [0.15, 0.2) is 5.60 Å². The summed E-state index contributed by atoms with van der Waals surface area (Å²) >= 11 is 5.89. The first-order valence-electron chi connectivity index (χ1n) is 5.47. The van der Waals surface area contributed by atoms with E-state index in [2.05, 4.69) is 5.16 Å². The predicted molar refractivity (Wildman–Crippen MR) is 63.2 cm³/mol. The molecule has 1 unspecified atom stereocenters. The number of hydrogen-bond acceptors (Lipinski definition) is 3. The third kappa shape index (κ3) is 1.47.